The average Bonchev–Trinajstić information content (AvgIpc) is 3.04. The summed E-state index contributed by atoms with van der Waals surface area (Å²) in [5.74, 6) is 0.0837. The molecule has 3 rings (SSSR count). The van der Waals surface area contributed by atoms with E-state index in [1.54, 1.807) is 4.90 Å². The minimum absolute atomic E-state index is 0.0644. The summed E-state index contributed by atoms with van der Waals surface area (Å²) >= 11 is 2.87. The molecule has 3 N–H and O–H groups in total. The molecule has 3 unspecified atom stereocenters. The fourth-order valence-corrected chi connectivity index (χ4v) is 5.58. The van der Waals surface area contributed by atoms with Crippen LogP contribution >= 0.6 is 23.5 Å². The van der Waals surface area contributed by atoms with Crippen molar-refractivity contribution in [3.8, 4) is 0 Å². The van der Waals surface area contributed by atoms with Crippen molar-refractivity contribution in [2.45, 2.75) is 55.1 Å². The van der Waals surface area contributed by atoms with E-state index in [1.807, 2.05) is 27.7 Å². The Labute approximate surface area is 154 Å². The summed E-state index contributed by atoms with van der Waals surface area (Å²) in [6.45, 7) is 7.71. The predicted molar refractivity (Wildman–Crippen MR) is 93.7 cm³/mol. The zero-order valence-corrected chi connectivity index (χ0v) is 16.2. The van der Waals surface area contributed by atoms with Gasteiger partial charge in [0.1, 0.15) is 22.4 Å². The Kier molecular flexibility index (Phi) is 4.75. The van der Waals surface area contributed by atoms with Crippen LogP contribution in [0.5, 0.6) is 0 Å². The lowest BCUT2D eigenvalue weighted by Crippen LogP contribution is -2.73. The highest BCUT2D eigenvalue weighted by molar-refractivity contribution is 8.01. The number of aromatic amines is 1. The highest BCUT2D eigenvalue weighted by Gasteiger charge is 2.58. The second-order valence-corrected chi connectivity index (χ2v) is 9.72. The molecule has 0 bridgehead atoms. The van der Waals surface area contributed by atoms with Crippen LogP contribution in [0, 0.1) is 5.41 Å². The van der Waals surface area contributed by atoms with Gasteiger partial charge < -0.3 is 15.4 Å². The molecule has 2 saturated heterocycles. The number of nitrogens with zero attached hydrogens (tertiary/aromatic N) is 4. The first kappa shape index (κ1) is 18.5. The van der Waals surface area contributed by atoms with Gasteiger partial charge in [0.05, 0.1) is 0 Å². The van der Waals surface area contributed by atoms with E-state index in [2.05, 4.69) is 20.6 Å². The minimum atomic E-state index is -0.866. The van der Waals surface area contributed by atoms with Crippen LogP contribution in [0.15, 0.2) is 5.16 Å². The Morgan fingerprint density at radius 2 is 2.28 bits per heavy atom. The van der Waals surface area contributed by atoms with Crippen LogP contribution in [0.1, 0.15) is 27.7 Å². The van der Waals surface area contributed by atoms with Crippen molar-refractivity contribution < 1.29 is 14.3 Å². The number of esters is 1. The number of rotatable bonds is 4. The number of fused-ring (bicyclic) bond motifs is 1. The van der Waals surface area contributed by atoms with Crippen molar-refractivity contribution in [2.24, 2.45) is 11.1 Å². The van der Waals surface area contributed by atoms with Gasteiger partial charge in [-0.3, -0.25) is 9.59 Å². The number of H-pyrrole nitrogens is 1. The standard InChI is InChI=1S/C14H22N6O3S2/c1-7(25-12-16-18-19-17-12)14(11(22)23-13(2,3)4)5-20-9(21)8(15)10(20)24-6-14/h7-8,10H,5-6,15H2,1-4H3,(H,16,17,18,19)/t7?,8?,10-,14?/m1/s1. The lowest BCUT2D eigenvalue weighted by Gasteiger charge is -2.54. The maximum Gasteiger partial charge on any atom is 0.316 e. The quantitative estimate of drug-likeness (QED) is 0.425. The second-order valence-electron chi connectivity index (χ2n) is 7.31. The maximum atomic E-state index is 13.1. The van der Waals surface area contributed by atoms with Gasteiger partial charge in [0.25, 0.3) is 0 Å². The molecular weight excluding hydrogens is 364 g/mol. The molecule has 1 amide bonds. The monoisotopic (exact) mass is 386 g/mol. The second kappa shape index (κ2) is 6.44. The molecule has 25 heavy (non-hydrogen) atoms. The van der Waals surface area contributed by atoms with Crippen LogP contribution in [-0.4, -0.2) is 72.0 Å². The van der Waals surface area contributed by atoms with Crippen LogP contribution in [0.25, 0.3) is 0 Å². The number of ether oxygens (including phenoxy) is 1. The lowest BCUT2D eigenvalue weighted by atomic mass is 9.83. The molecule has 0 aliphatic carbocycles. The molecule has 1 aromatic rings. The van der Waals surface area contributed by atoms with E-state index in [0.29, 0.717) is 10.9 Å². The topological polar surface area (TPSA) is 127 Å². The molecule has 2 fully saturated rings. The van der Waals surface area contributed by atoms with Gasteiger partial charge in [-0.1, -0.05) is 18.7 Å². The number of aromatic nitrogens is 4. The molecule has 0 aromatic carbocycles. The predicted octanol–water partition coefficient (Wildman–Crippen LogP) is 0.251. The van der Waals surface area contributed by atoms with E-state index in [0.717, 1.165) is 0 Å². The minimum Gasteiger partial charge on any atom is -0.459 e. The van der Waals surface area contributed by atoms with Gasteiger partial charge in [-0.05, 0) is 26.0 Å². The zero-order chi connectivity index (χ0) is 18.4. The van der Waals surface area contributed by atoms with Crippen molar-refractivity contribution in [2.75, 3.05) is 12.3 Å². The van der Waals surface area contributed by atoms with Gasteiger partial charge in [-0.25, -0.2) is 0 Å². The van der Waals surface area contributed by atoms with Gasteiger partial charge in [0, 0.05) is 17.5 Å². The highest BCUT2D eigenvalue weighted by Crippen LogP contribution is 2.47. The largest absolute Gasteiger partial charge is 0.459 e. The normalized spacial score (nSPS) is 30.4. The number of tetrazole rings is 1. The molecule has 4 atom stereocenters. The Bertz CT molecular complexity index is 664. The Balaban J connectivity index is 1.86. The fraction of sp³-hybridized carbons (Fsp3) is 0.786. The Hall–Kier alpha value is -1.33. The van der Waals surface area contributed by atoms with Crippen molar-refractivity contribution in [3.63, 3.8) is 0 Å². The number of amides is 1. The first-order valence-electron chi connectivity index (χ1n) is 7.95. The van der Waals surface area contributed by atoms with E-state index in [4.69, 9.17) is 10.5 Å². The summed E-state index contributed by atoms with van der Waals surface area (Å²) in [7, 11) is 0. The van der Waals surface area contributed by atoms with Crippen LogP contribution in [0.4, 0.5) is 0 Å². The van der Waals surface area contributed by atoms with Crippen LogP contribution in [0.3, 0.4) is 0 Å². The number of thioether (sulfide) groups is 2. The molecule has 138 valence electrons. The van der Waals surface area contributed by atoms with Gasteiger partial charge >= 0.3 is 5.97 Å². The fourth-order valence-electron chi connectivity index (χ4n) is 2.88. The highest BCUT2D eigenvalue weighted by atomic mass is 32.2. The molecule has 0 saturated carbocycles. The third-order valence-electron chi connectivity index (χ3n) is 4.34. The smallest absolute Gasteiger partial charge is 0.316 e. The zero-order valence-electron chi connectivity index (χ0n) is 14.6. The SMILES string of the molecule is CC(Sc1nn[nH]n1)C1(C(=O)OC(C)(C)C)CS[C@@H]2C(N)C(=O)N2C1. The first-order chi connectivity index (χ1) is 11.6. The van der Waals surface area contributed by atoms with Gasteiger partial charge in [0.15, 0.2) is 0 Å². The van der Waals surface area contributed by atoms with E-state index in [1.165, 1.54) is 23.5 Å². The summed E-state index contributed by atoms with van der Waals surface area (Å²) in [5.41, 5.74) is 4.38. The Morgan fingerprint density at radius 1 is 1.56 bits per heavy atom. The number of nitrogens with one attached hydrogen (secondary N) is 1. The summed E-state index contributed by atoms with van der Waals surface area (Å²) in [5, 5.41) is 14.0. The van der Waals surface area contributed by atoms with E-state index in [-0.39, 0.29) is 29.0 Å². The third-order valence-corrected chi connectivity index (χ3v) is 7.10. The summed E-state index contributed by atoms with van der Waals surface area (Å²) in [6, 6.07) is -0.484. The van der Waals surface area contributed by atoms with Gasteiger partial charge in [-0.2, -0.15) is 5.21 Å². The lowest BCUT2D eigenvalue weighted by molar-refractivity contribution is -0.170. The van der Waals surface area contributed by atoms with Crippen molar-refractivity contribution >= 4 is 35.4 Å². The maximum absolute atomic E-state index is 13.1. The van der Waals surface area contributed by atoms with E-state index in [9.17, 15) is 9.59 Å². The van der Waals surface area contributed by atoms with Crippen LogP contribution in [-0.2, 0) is 14.3 Å². The number of β-lactam (4-membered cyclic amide) rings is 1. The molecule has 11 heteroatoms. The molecule has 2 aliphatic rings. The molecular formula is C14H22N6O3S2. The summed E-state index contributed by atoms with van der Waals surface area (Å²) in [4.78, 5) is 26.9. The number of nitrogens with two attached hydrogens (primary N) is 1. The van der Waals surface area contributed by atoms with Crippen molar-refractivity contribution in [1.29, 1.82) is 0 Å². The first-order valence-corrected chi connectivity index (χ1v) is 9.88. The van der Waals surface area contributed by atoms with Crippen molar-refractivity contribution in [3.05, 3.63) is 0 Å². The molecule has 0 radical (unpaired) electrons. The average molecular weight is 387 g/mol. The van der Waals surface area contributed by atoms with Crippen LogP contribution < -0.4 is 5.73 Å². The van der Waals surface area contributed by atoms with Crippen molar-refractivity contribution in [1.82, 2.24) is 25.5 Å². The number of hydrogen-bond donors (Lipinski definition) is 2. The third kappa shape index (κ3) is 3.36. The molecule has 2 aliphatic heterocycles. The molecule has 0 spiro atoms. The molecule has 3 heterocycles. The number of hydrogen-bond acceptors (Lipinski definition) is 9. The Morgan fingerprint density at radius 3 is 2.88 bits per heavy atom. The molecule has 1 aromatic heterocycles. The van der Waals surface area contributed by atoms with E-state index < -0.39 is 17.1 Å². The van der Waals surface area contributed by atoms with Crippen LogP contribution in [0.2, 0.25) is 0 Å². The summed E-state index contributed by atoms with van der Waals surface area (Å²) in [6.07, 6.45) is 0. The van der Waals surface area contributed by atoms with E-state index >= 15 is 0 Å². The number of carbonyl (C=O) groups excluding carboxylic acids is 2. The van der Waals surface area contributed by atoms with Gasteiger partial charge in [0.2, 0.25) is 11.1 Å². The molecule has 9 nitrogen and oxygen atoms in total. The summed E-state index contributed by atoms with van der Waals surface area (Å²) < 4.78 is 5.69. The number of carbonyl (C=O) groups is 2. The van der Waals surface area contributed by atoms with Gasteiger partial charge in [-0.15, -0.1) is 22.0 Å².